The second-order valence-corrected chi connectivity index (χ2v) is 10.2. The summed E-state index contributed by atoms with van der Waals surface area (Å²) in [5.74, 6) is 0. The molecule has 2 rings (SSSR count). The van der Waals surface area contributed by atoms with Crippen LogP contribution in [0, 0.1) is 0 Å². The highest BCUT2D eigenvalue weighted by Crippen LogP contribution is 2.39. The number of anilines is 1. The third-order valence-corrected chi connectivity index (χ3v) is 6.50. The first-order valence-corrected chi connectivity index (χ1v) is 10.6. The van der Waals surface area contributed by atoms with E-state index in [4.69, 9.17) is 23.2 Å². The van der Waals surface area contributed by atoms with E-state index < -0.39 is 32.8 Å². The third kappa shape index (κ3) is 4.99. The molecule has 0 saturated carbocycles. The largest absolute Gasteiger partial charge is 0.421 e. The number of aliphatic hydroxyl groups is 1. The number of alkyl halides is 3. The Morgan fingerprint density at radius 2 is 1.48 bits per heavy atom. The lowest BCUT2D eigenvalue weighted by Crippen LogP contribution is -2.39. The second kappa shape index (κ2) is 7.65. The van der Waals surface area contributed by atoms with Gasteiger partial charge in [-0.05, 0) is 47.7 Å². The highest BCUT2D eigenvalue weighted by molar-refractivity contribution is 7.92. The summed E-state index contributed by atoms with van der Waals surface area (Å²) in [7, 11) is -4.18. The van der Waals surface area contributed by atoms with E-state index in [1.807, 2.05) is 20.8 Å². The van der Waals surface area contributed by atoms with E-state index in [0.717, 1.165) is 24.3 Å². The maximum atomic E-state index is 12.9. The Balaban J connectivity index is 2.42. The zero-order valence-electron chi connectivity index (χ0n) is 16.0. The summed E-state index contributed by atoms with van der Waals surface area (Å²) in [6.07, 6.45) is -4.88. The number of benzene rings is 2. The average Bonchev–Trinajstić information content (AvgIpc) is 2.54. The molecule has 0 heterocycles. The van der Waals surface area contributed by atoms with Crippen LogP contribution >= 0.6 is 23.2 Å². The summed E-state index contributed by atoms with van der Waals surface area (Å²) in [5.41, 5.74) is -3.44. The molecule has 10 heteroatoms. The lowest BCUT2D eigenvalue weighted by Gasteiger charge is -2.26. The molecule has 0 radical (unpaired) electrons. The monoisotopic (exact) mass is 469 g/mol. The maximum absolute atomic E-state index is 12.9. The lowest BCUT2D eigenvalue weighted by atomic mass is 9.87. The van der Waals surface area contributed by atoms with Crippen LogP contribution in [0.3, 0.4) is 0 Å². The van der Waals surface area contributed by atoms with Crippen LogP contribution in [-0.4, -0.2) is 19.7 Å². The summed E-state index contributed by atoms with van der Waals surface area (Å²) >= 11 is 12.4. The predicted octanol–water partition coefficient (Wildman–Crippen LogP) is 5.86. The molecular formula is C19H20Cl2F3NO3S. The van der Waals surface area contributed by atoms with Crippen LogP contribution in [0.4, 0.5) is 18.9 Å². The Hall–Kier alpha value is -1.48. The Morgan fingerprint density at radius 3 is 1.93 bits per heavy atom. The molecule has 2 N–H and O–H groups in total. The maximum Gasteiger partial charge on any atom is 0.421 e. The van der Waals surface area contributed by atoms with Crippen molar-refractivity contribution >= 4 is 38.9 Å². The minimum Gasteiger partial charge on any atom is -0.376 e. The highest BCUT2D eigenvalue weighted by atomic mass is 35.5. The smallest absolute Gasteiger partial charge is 0.376 e. The zero-order valence-corrected chi connectivity index (χ0v) is 18.4. The molecule has 0 aliphatic heterocycles. The molecule has 2 aromatic carbocycles. The van der Waals surface area contributed by atoms with Gasteiger partial charge in [0.25, 0.3) is 10.0 Å². The van der Waals surface area contributed by atoms with Gasteiger partial charge in [-0.25, -0.2) is 8.42 Å². The van der Waals surface area contributed by atoms with Gasteiger partial charge in [0.1, 0.15) is 4.90 Å². The SMILES string of the molecule is CC(C)(C)c1cc(Cl)cc(S(=O)(=O)Nc2ccc(C(C)(O)C(F)(F)F)cc2)c1Cl. The fourth-order valence-electron chi connectivity index (χ4n) is 2.54. The number of nitrogens with one attached hydrogen (secondary N) is 1. The summed E-state index contributed by atoms with van der Waals surface area (Å²) < 4.78 is 66.7. The molecule has 0 amide bonds. The minimum atomic E-state index is -4.88. The summed E-state index contributed by atoms with van der Waals surface area (Å²) in [6.45, 7) is 6.16. The van der Waals surface area contributed by atoms with Crippen LogP contribution in [0.2, 0.25) is 10.0 Å². The molecule has 0 aliphatic rings. The van der Waals surface area contributed by atoms with Crippen LogP contribution in [0.1, 0.15) is 38.8 Å². The normalized spacial score (nSPS) is 15.1. The van der Waals surface area contributed by atoms with Crippen LogP contribution in [0.15, 0.2) is 41.3 Å². The van der Waals surface area contributed by atoms with Gasteiger partial charge in [0.15, 0.2) is 5.60 Å². The van der Waals surface area contributed by atoms with Gasteiger partial charge in [-0.15, -0.1) is 0 Å². The Morgan fingerprint density at radius 1 is 0.966 bits per heavy atom. The number of sulfonamides is 1. The number of halogens is 5. The van der Waals surface area contributed by atoms with Crippen molar-refractivity contribution in [2.45, 2.75) is 49.8 Å². The molecule has 0 aromatic heterocycles. The van der Waals surface area contributed by atoms with Crippen molar-refractivity contribution in [3.05, 3.63) is 57.6 Å². The summed E-state index contributed by atoms with van der Waals surface area (Å²) in [5, 5.41) is 9.88. The van der Waals surface area contributed by atoms with Gasteiger partial charge in [0.2, 0.25) is 0 Å². The molecule has 0 spiro atoms. The van der Waals surface area contributed by atoms with Crippen molar-refractivity contribution in [2.24, 2.45) is 0 Å². The fraction of sp³-hybridized carbons (Fsp3) is 0.368. The van der Waals surface area contributed by atoms with Crippen molar-refractivity contribution in [3.8, 4) is 0 Å². The molecule has 1 atom stereocenters. The molecule has 160 valence electrons. The van der Waals surface area contributed by atoms with Crippen LogP contribution < -0.4 is 4.72 Å². The van der Waals surface area contributed by atoms with Crippen molar-refractivity contribution in [3.63, 3.8) is 0 Å². The number of hydrogen-bond donors (Lipinski definition) is 2. The second-order valence-electron chi connectivity index (χ2n) is 7.77. The molecule has 1 unspecified atom stereocenters. The van der Waals surface area contributed by atoms with Gasteiger partial charge in [-0.1, -0.05) is 56.1 Å². The summed E-state index contributed by atoms with van der Waals surface area (Å²) in [6, 6.07) is 7.00. The quantitative estimate of drug-likeness (QED) is 0.588. The number of hydrogen-bond acceptors (Lipinski definition) is 3. The van der Waals surface area contributed by atoms with Gasteiger partial charge in [-0.2, -0.15) is 13.2 Å². The average molecular weight is 470 g/mol. The lowest BCUT2D eigenvalue weighted by molar-refractivity contribution is -0.258. The summed E-state index contributed by atoms with van der Waals surface area (Å²) in [4.78, 5) is -0.247. The van der Waals surface area contributed by atoms with E-state index in [9.17, 15) is 26.7 Å². The fourth-order valence-corrected chi connectivity index (χ4v) is 4.71. The molecule has 2 aromatic rings. The standard InChI is InChI=1S/C19H20Cl2F3NO3S/c1-17(2,3)14-9-12(20)10-15(16(14)21)29(27,28)25-13-7-5-11(6-8-13)18(4,26)19(22,23)24/h5-10,25-26H,1-4H3. The Bertz CT molecular complexity index is 1010. The van der Waals surface area contributed by atoms with Gasteiger partial charge < -0.3 is 5.11 Å². The Kier molecular flexibility index (Phi) is 6.28. The van der Waals surface area contributed by atoms with E-state index in [1.165, 1.54) is 6.07 Å². The molecule has 0 saturated heterocycles. The van der Waals surface area contributed by atoms with Crippen LogP contribution in [0.25, 0.3) is 0 Å². The van der Waals surface area contributed by atoms with Gasteiger partial charge >= 0.3 is 6.18 Å². The first-order chi connectivity index (χ1) is 13.0. The molecule has 29 heavy (non-hydrogen) atoms. The van der Waals surface area contributed by atoms with Gasteiger partial charge in [-0.3, -0.25) is 4.72 Å². The number of rotatable bonds is 4. The predicted molar refractivity (Wildman–Crippen MR) is 108 cm³/mol. The van der Waals surface area contributed by atoms with Crippen molar-refractivity contribution < 1.29 is 26.7 Å². The van der Waals surface area contributed by atoms with E-state index in [0.29, 0.717) is 12.5 Å². The van der Waals surface area contributed by atoms with E-state index in [1.54, 1.807) is 6.07 Å². The topological polar surface area (TPSA) is 66.4 Å². The molecule has 0 fully saturated rings. The Labute approximate surface area is 177 Å². The molecule has 0 aliphatic carbocycles. The van der Waals surface area contributed by atoms with E-state index >= 15 is 0 Å². The van der Waals surface area contributed by atoms with Crippen molar-refractivity contribution in [1.29, 1.82) is 0 Å². The zero-order chi connectivity index (χ0) is 22.4. The first-order valence-electron chi connectivity index (χ1n) is 8.39. The third-order valence-electron chi connectivity index (χ3n) is 4.35. The van der Waals surface area contributed by atoms with E-state index in [-0.39, 0.29) is 20.6 Å². The van der Waals surface area contributed by atoms with Crippen LogP contribution in [-0.2, 0) is 21.0 Å². The molecular weight excluding hydrogens is 450 g/mol. The van der Waals surface area contributed by atoms with E-state index in [2.05, 4.69) is 4.72 Å². The van der Waals surface area contributed by atoms with Crippen molar-refractivity contribution in [2.75, 3.05) is 4.72 Å². The first kappa shape index (κ1) is 23.8. The van der Waals surface area contributed by atoms with Crippen molar-refractivity contribution in [1.82, 2.24) is 0 Å². The van der Waals surface area contributed by atoms with Crippen LogP contribution in [0.5, 0.6) is 0 Å². The van der Waals surface area contributed by atoms with Gasteiger partial charge in [0, 0.05) is 10.7 Å². The minimum absolute atomic E-state index is 0.0000698. The molecule has 4 nitrogen and oxygen atoms in total. The van der Waals surface area contributed by atoms with Gasteiger partial charge in [0.05, 0.1) is 5.02 Å². The highest BCUT2D eigenvalue weighted by Gasteiger charge is 2.51. The molecule has 0 bridgehead atoms.